The topological polar surface area (TPSA) is 81.7 Å². The van der Waals surface area contributed by atoms with E-state index in [9.17, 15) is 14.7 Å². The number of para-hydroxylation sites is 1. The van der Waals surface area contributed by atoms with E-state index in [1.54, 1.807) is 4.90 Å². The lowest BCUT2D eigenvalue weighted by molar-refractivity contribution is -0.127. The van der Waals surface area contributed by atoms with Crippen LogP contribution in [0.3, 0.4) is 0 Å². The van der Waals surface area contributed by atoms with Gasteiger partial charge in [0.1, 0.15) is 0 Å². The molecule has 1 atom stereocenters. The number of benzene rings is 1. The Morgan fingerprint density at radius 3 is 2.48 bits per heavy atom. The van der Waals surface area contributed by atoms with Gasteiger partial charge in [0.25, 0.3) is 0 Å². The van der Waals surface area contributed by atoms with Gasteiger partial charge in [0.15, 0.2) is 0 Å². The van der Waals surface area contributed by atoms with Crippen LogP contribution in [0.5, 0.6) is 0 Å². The summed E-state index contributed by atoms with van der Waals surface area (Å²) in [6.45, 7) is 1.14. The second-order valence-electron chi connectivity index (χ2n) is 7.10. The Labute approximate surface area is 148 Å². The van der Waals surface area contributed by atoms with Crippen LogP contribution in [0.2, 0.25) is 0 Å². The summed E-state index contributed by atoms with van der Waals surface area (Å²) in [5.41, 5.74) is 0.764. The number of aliphatic hydroxyl groups is 1. The van der Waals surface area contributed by atoms with Crippen LogP contribution in [0.25, 0.3) is 0 Å². The zero-order chi connectivity index (χ0) is 17.6. The number of anilines is 1. The Morgan fingerprint density at radius 1 is 1.04 bits per heavy atom. The molecule has 1 aliphatic carbocycles. The van der Waals surface area contributed by atoms with Crippen LogP contribution in [0, 0.1) is 5.92 Å². The molecule has 1 aromatic rings. The van der Waals surface area contributed by atoms with E-state index >= 15 is 0 Å². The number of carbonyl (C=O) groups is 2. The van der Waals surface area contributed by atoms with E-state index in [1.165, 1.54) is 0 Å². The number of rotatable bonds is 3. The number of nitrogens with one attached hydrogen (secondary N) is 2. The number of carbonyl (C=O) groups excluding carboxylic acids is 2. The van der Waals surface area contributed by atoms with Crippen molar-refractivity contribution in [3.05, 3.63) is 30.3 Å². The van der Waals surface area contributed by atoms with E-state index < -0.39 is 0 Å². The van der Waals surface area contributed by atoms with Gasteiger partial charge in [-0.1, -0.05) is 18.2 Å². The van der Waals surface area contributed by atoms with Crippen molar-refractivity contribution in [2.75, 3.05) is 18.4 Å². The van der Waals surface area contributed by atoms with E-state index in [1.807, 2.05) is 30.3 Å². The highest BCUT2D eigenvalue weighted by atomic mass is 16.3. The maximum absolute atomic E-state index is 12.5. The summed E-state index contributed by atoms with van der Waals surface area (Å²) in [6, 6.07) is 9.37. The molecule has 1 heterocycles. The van der Waals surface area contributed by atoms with Crippen LogP contribution >= 0.6 is 0 Å². The number of likely N-dealkylation sites (tertiary alicyclic amines) is 1. The molecular weight excluding hydrogens is 318 g/mol. The van der Waals surface area contributed by atoms with Gasteiger partial charge >= 0.3 is 6.03 Å². The largest absolute Gasteiger partial charge is 0.393 e. The lowest BCUT2D eigenvalue weighted by atomic mass is 9.91. The fourth-order valence-electron chi connectivity index (χ4n) is 3.64. The standard InChI is InChI=1S/C19H27N3O3/c23-17-10-8-16(9-11-17)20-18(24)14-5-4-12-22(13-14)19(25)21-15-6-2-1-3-7-15/h1-3,6-7,14,16-17,23H,4-5,8-13H2,(H,20,24)(H,21,25). The number of aliphatic hydroxyl groups excluding tert-OH is 1. The quantitative estimate of drug-likeness (QED) is 0.786. The molecule has 0 aromatic heterocycles. The minimum absolute atomic E-state index is 0.0404. The Bertz CT molecular complexity index is 585. The van der Waals surface area contributed by atoms with Crippen LogP contribution in [-0.4, -0.2) is 47.2 Å². The van der Waals surface area contributed by atoms with Crippen LogP contribution in [0.4, 0.5) is 10.5 Å². The molecule has 1 saturated heterocycles. The highest BCUT2D eigenvalue weighted by molar-refractivity contribution is 5.90. The Balaban J connectivity index is 1.50. The van der Waals surface area contributed by atoms with Gasteiger partial charge in [0.05, 0.1) is 12.0 Å². The summed E-state index contributed by atoms with van der Waals surface area (Å²) in [5, 5.41) is 15.6. The Hall–Kier alpha value is -2.08. The monoisotopic (exact) mass is 345 g/mol. The average molecular weight is 345 g/mol. The van der Waals surface area contributed by atoms with Crippen LogP contribution in [0.15, 0.2) is 30.3 Å². The molecule has 3 N–H and O–H groups in total. The van der Waals surface area contributed by atoms with E-state index in [0.29, 0.717) is 13.1 Å². The number of amides is 3. The maximum atomic E-state index is 12.5. The van der Waals surface area contributed by atoms with E-state index in [0.717, 1.165) is 44.2 Å². The van der Waals surface area contributed by atoms with Gasteiger partial charge in [-0.3, -0.25) is 4.79 Å². The number of piperidine rings is 1. The number of nitrogens with zero attached hydrogens (tertiary/aromatic N) is 1. The predicted molar refractivity (Wildman–Crippen MR) is 96.2 cm³/mol. The molecule has 2 aliphatic rings. The molecule has 1 aliphatic heterocycles. The molecule has 6 nitrogen and oxygen atoms in total. The van der Waals surface area contributed by atoms with Gasteiger partial charge in [-0.05, 0) is 50.7 Å². The first-order chi connectivity index (χ1) is 12.1. The second-order valence-corrected chi connectivity index (χ2v) is 7.10. The van der Waals surface area contributed by atoms with Crippen molar-refractivity contribution in [2.45, 2.75) is 50.7 Å². The predicted octanol–water partition coefficient (Wildman–Crippen LogP) is 2.35. The van der Waals surface area contributed by atoms with Gasteiger partial charge < -0.3 is 20.6 Å². The molecule has 0 spiro atoms. The summed E-state index contributed by atoms with van der Waals surface area (Å²) >= 11 is 0. The molecule has 3 rings (SSSR count). The third-order valence-electron chi connectivity index (χ3n) is 5.15. The SMILES string of the molecule is O=C(NC1CCC(O)CC1)C1CCCN(C(=O)Nc2ccccc2)C1. The second kappa shape index (κ2) is 8.34. The third-order valence-corrected chi connectivity index (χ3v) is 5.15. The molecule has 6 heteroatoms. The zero-order valence-corrected chi connectivity index (χ0v) is 14.5. The van der Waals surface area contributed by atoms with E-state index in [2.05, 4.69) is 10.6 Å². The molecule has 1 aromatic carbocycles. The average Bonchev–Trinajstić information content (AvgIpc) is 2.64. The van der Waals surface area contributed by atoms with Crippen LogP contribution < -0.4 is 10.6 Å². The summed E-state index contributed by atoms with van der Waals surface area (Å²) in [5.74, 6) is -0.110. The van der Waals surface area contributed by atoms with Gasteiger partial charge in [-0.15, -0.1) is 0 Å². The Kier molecular flexibility index (Phi) is 5.91. The Morgan fingerprint density at radius 2 is 1.76 bits per heavy atom. The normalized spacial score (nSPS) is 26.8. The molecule has 0 radical (unpaired) electrons. The summed E-state index contributed by atoms with van der Waals surface area (Å²) in [6.07, 6.45) is 4.60. The first-order valence-corrected chi connectivity index (χ1v) is 9.21. The van der Waals surface area contributed by atoms with Crippen LogP contribution in [-0.2, 0) is 4.79 Å². The molecule has 0 bridgehead atoms. The number of urea groups is 1. The highest BCUT2D eigenvalue weighted by Crippen LogP contribution is 2.21. The van der Waals surface area contributed by atoms with Gasteiger partial charge in [0, 0.05) is 24.8 Å². The lowest BCUT2D eigenvalue weighted by Crippen LogP contribution is -2.49. The first-order valence-electron chi connectivity index (χ1n) is 9.21. The number of hydrogen-bond acceptors (Lipinski definition) is 3. The lowest BCUT2D eigenvalue weighted by Gasteiger charge is -2.34. The summed E-state index contributed by atoms with van der Waals surface area (Å²) in [4.78, 5) is 26.7. The van der Waals surface area contributed by atoms with E-state index in [-0.39, 0.29) is 30.0 Å². The minimum Gasteiger partial charge on any atom is -0.393 e. The van der Waals surface area contributed by atoms with Gasteiger partial charge in [-0.2, -0.15) is 0 Å². The van der Waals surface area contributed by atoms with Crippen molar-refractivity contribution in [1.82, 2.24) is 10.2 Å². The van der Waals surface area contributed by atoms with Gasteiger partial charge in [0.2, 0.25) is 5.91 Å². The summed E-state index contributed by atoms with van der Waals surface area (Å²) < 4.78 is 0. The van der Waals surface area contributed by atoms with Crippen LogP contribution in [0.1, 0.15) is 38.5 Å². The smallest absolute Gasteiger partial charge is 0.321 e. The molecule has 1 saturated carbocycles. The molecule has 2 fully saturated rings. The highest BCUT2D eigenvalue weighted by Gasteiger charge is 2.30. The maximum Gasteiger partial charge on any atom is 0.321 e. The molecular formula is C19H27N3O3. The fourth-order valence-corrected chi connectivity index (χ4v) is 3.64. The van der Waals surface area contributed by atoms with Crippen molar-refractivity contribution < 1.29 is 14.7 Å². The molecule has 25 heavy (non-hydrogen) atoms. The first kappa shape index (κ1) is 17.7. The third kappa shape index (κ3) is 4.95. The van der Waals surface area contributed by atoms with Crippen molar-refractivity contribution in [2.24, 2.45) is 5.92 Å². The number of hydrogen-bond donors (Lipinski definition) is 3. The van der Waals surface area contributed by atoms with Crippen molar-refractivity contribution in [3.8, 4) is 0 Å². The van der Waals surface area contributed by atoms with Crippen molar-refractivity contribution in [1.29, 1.82) is 0 Å². The zero-order valence-electron chi connectivity index (χ0n) is 14.5. The van der Waals surface area contributed by atoms with Crippen molar-refractivity contribution >= 4 is 17.6 Å². The van der Waals surface area contributed by atoms with E-state index in [4.69, 9.17) is 0 Å². The fraction of sp³-hybridized carbons (Fsp3) is 0.579. The molecule has 1 unspecified atom stereocenters. The molecule has 136 valence electrons. The molecule has 3 amide bonds. The minimum atomic E-state index is -0.222. The summed E-state index contributed by atoms with van der Waals surface area (Å²) in [7, 11) is 0. The van der Waals surface area contributed by atoms with Gasteiger partial charge in [-0.25, -0.2) is 4.79 Å². The van der Waals surface area contributed by atoms with Crippen molar-refractivity contribution in [3.63, 3.8) is 0 Å².